The van der Waals surface area contributed by atoms with Gasteiger partial charge in [-0.05, 0) is 52.2 Å². The van der Waals surface area contributed by atoms with Crippen molar-refractivity contribution in [1.29, 1.82) is 0 Å². The lowest BCUT2D eigenvalue weighted by Gasteiger charge is -2.36. The van der Waals surface area contributed by atoms with E-state index >= 15 is 0 Å². The number of hydrogen-bond acceptors (Lipinski definition) is 4. The molecule has 0 saturated carbocycles. The van der Waals surface area contributed by atoms with Gasteiger partial charge in [-0.2, -0.15) is 0 Å². The van der Waals surface area contributed by atoms with Gasteiger partial charge in [-0.25, -0.2) is 0 Å². The third kappa shape index (κ3) is 4.73. The average Bonchev–Trinajstić information content (AvgIpc) is 2.99. The third-order valence-corrected chi connectivity index (χ3v) is 5.28. The summed E-state index contributed by atoms with van der Waals surface area (Å²) < 4.78 is 11.4. The molecule has 3 rings (SSSR count). The lowest BCUT2D eigenvalue weighted by Crippen LogP contribution is -2.48. The van der Waals surface area contributed by atoms with Gasteiger partial charge in [-0.3, -0.25) is 4.99 Å². The van der Waals surface area contributed by atoms with Crippen LogP contribution in [0.1, 0.15) is 46.7 Å². The molecule has 0 spiro atoms. The second kappa shape index (κ2) is 9.24. The Kier molecular flexibility index (Phi) is 6.73. The summed E-state index contributed by atoms with van der Waals surface area (Å²) in [5.41, 5.74) is 5.95. The van der Waals surface area contributed by atoms with Crippen molar-refractivity contribution in [2.75, 3.05) is 32.8 Å². The molecule has 1 N–H and O–H groups in total. The van der Waals surface area contributed by atoms with Gasteiger partial charge in [0.2, 0.25) is 0 Å². The van der Waals surface area contributed by atoms with Gasteiger partial charge in [0.15, 0.2) is 5.96 Å². The number of hydrogen-bond donors (Lipinski definition) is 1. The van der Waals surface area contributed by atoms with Gasteiger partial charge in [-0.15, -0.1) is 0 Å². The highest BCUT2D eigenvalue weighted by atomic mass is 16.5. The molecule has 28 heavy (non-hydrogen) atoms. The second-order valence-electron chi connectivity index (χ2n) is 7.45. The molecule has 0 amide bonds. The quantitative estimate of drug-likeness (QED) is 0.632. The number of nitrogens with zero attached hydrogens (tertiary/aromatic N) is 3. The van der Waals surface area contributed by atoms with E-state index in [1.807, 2.05) is 13.8 Å². The molecule has 2 heterocycles. The minimum absolute atomic E-state index is 0.0702. The summed E-state index contributed by atoms with van der Waals surface area (Å²) in [6.07, 6.45) is 0.904. The Labute approximate surface area is 168 Å². The Hall–Kier alpha value is -2.34. The zero-order valence-corrected chi connectivity index (χ0v) is 17.7. The molecule has 2 aromatic rings. The zero-order valence-electron chi connectivity index (χ0n) is 17.7. The normalized spacial score (nSPS) is 17.8. The molecular formula is C22H32N4O2. The predicted octanol–water partition coefficient (Wildman–Crippen LogP) is 3.49. The molecule has 6 nitrogen and oxygen atoms in total. The number of aromatic nitrogens is 1. The highest BCUT2D eigenvalue weighted by Crippen LogP contribution is 2.26. The maximum atomic E-state index is 6.09. The fourth-order valence-electron chi connectivity index (χ4n) is 3.77. The SMILES string of the molecule is CCNC(=NCCc1c(C)noc1C)N1CCOC(c2ccc(C)cc2C)C1. The van der Waals surface area contributed by atoms with Crippen LogP contribution in [0.4, 0.5) is 0 Å². The van der Waals surface area contributed by atoms with E-state index in [2.05, 4.69) is 54.3 Å². The number of morpholine rings is 1. The molecule has 0 aliphatic carbocycles. The molecule has 1 atom stereocenters. The molecule has 1 saturated heterocycles. The summed E-state index contributed by atoms with van der Waals surface area (Å²) in [4.78, 5) is 7.18. The minimum atomic E-state index is 0.0702. The van der Waals surface area contributed by atoms with Crippen LogP contribution in [0.5, 0.6) is 0 Å². The van der Waals surface area contributed by atoms with Gasteiger partial charge in [0, 0.05) is 25.2 Å². The Morgan fingerprint density at radius 1 is 1.29 bits per heavy atom. The van der Waals surface area contributed by atoms with E-state index in [9.17, 15) is 0 Å². The van der Waals surface area contributed by atoms with E-state index in [1.165, 1.54) is 16.7 Å². The van der Waals surface area contributed by atoms with E-state index in [0.717, 1.165) is 49.0 Å². The fourth-order valence-corrected chi connectivity index (χ4v) is 3.77. The van der Waals surface area contributed by atoms with Gasteiger partial charge < -0.3 is 19.5 Å². The molecule has 1 unspecified atom stereocenters. The summed E-state index contributed by atoms with van der Waals surface area (Å²) in [5.74, 6) is 1.84. The number of nitrogens with one attached hydrogen (secondary N) is 1. The van der Waals surface area contributed by atoms with E-state index in [0.29, 0.717) is 13.2 Å². The fraction of sp³-hybridized carbons (Fsp3) is 0.545. The van der Waals surface area contributed by atoms with E-state index in [-0.39, 0.29) is 6.10 Å². The maximum absolute atomic E-state index is 6.09. The molecule has 0 radical (unpaired) electrons. The van der Waals surface area contributed by atoms with Gasteiger partial charge in [0.1, 0.15) is 11.9 Å². The highest BCUT2D eigenvalue weighted by molar-refractivity contribution is 5.80. The molecule has 152 valence electrons. The van der Waals surface area contributed by atoms with Gasteiger partial charge in [-0.1, -0.05) is 28.9 Å². The number of aryl methyl sites for hydroxylation is 4. The summed E-state index contributed by atoms with van der Waals surface area (Å²) in [6, 6.07) is 6.58. The lowest BCUT2D eigenvalue weighted by molar-refractivity contribution is -0.00832. The largest absolute Gasteiger partial charge is 0.370 e. The zero-order chi connectivity index (χ0) is 20.1. The number of benzene rings is 1. The summed E-state index contributed by atoms with van der Waals surface area (Å²) >= 11 is 0. The molecule has 6 heteroatoms. The van der Waals surface area contributed by atoms with Crippen molar-refractivity contribution < 1.29 is 9.26 Å². The van der Waals surface area contributed by atoms with E-state index in [4.69, 9.17) is 14.3 Å². The van der Waals surface area contributed by atoms with Crippen molar-refractivity contribution in [2.45, 2.75) is 47.1 Å². The van der Waals surface area contributed by atoms with Crippen molar-refractivity contribution >= 4 is 5.96 Å². The van der Waals surface area contributed by atoms with Crippen LogP contribution in [0.2, 0.25) is 0 Å². The first-order valence-corrected chi connectivity index (χ1v) is 10.1. The molecule has 1 aliphatic heterocycles. The minimum Gasteiger partial charge on any atom is -0.370 e. The van der Waals surface area contributed by atoms with E-state index < -0.39 is 0 Å². The van der Waals surface area contributed by atoms with Crippen LogP contribution in [0, 0.1) is 27.7 Å². The Bertz CT molecular complexity index is 808. The molecular weight excluding hydrogens is 352 g/mol. The molecule has 0 bridgehead atoms. The van der Waals surface area contributed by atoms with Gasteiger partial charge in [0.05, 0.1) is 18.8 Å². The van der Waals surface area contributed by atoms with Crippen molar-refractivity contribution in [3.63, 3.8) is 0 Å². The van der Waals surface area contributed by atoms with Crippen LogP contribution in [-0.4, -0.2) is 48.8 Å². The molecule has 1 fully saturated rings. The van der Waals surface area contributed by atoms with Crippen molar-refractivity contribution in [2.24, 2.45) is 4.99 Å². The topological polar surface area (TPSA) is 62.9 Å². The van der Waals surface area contributed by atoms with Gasteiger partial charge >= 0.3 is 0 Å². The molecule has 1 aromatic carbocycles. The summed E-state index contributed by atoms with van der Waals surface area (Å²) in [5, 5.41) is 7.47. The Morgan fingerprint density at radius 2 is 2.11 bits per heavy atom. The monoisotopic (exact) mass is 384 g/mol. The first-order valence-electron chi connectivity index (χ1n) is 10.1. The van der Waals surface area contributed by atoms with Crippen LogP contribution in [0.3, 0.4) is 0 Å². The number of rotatable bonds is 5. The number of ether oxygens (including phenoxy) is 1. The first-order chi connectivity index (χ1) is 13.5. The van der Waals surface area contributed by atoms with Gasteiger partial charge in [0.25, 0.3) is 0 Å². The first kappa shape index (κ1) is 20.4. The van der Waals surface area contributed by atoms with Crippen LogP contribution in [0.25, 0.3) is 0 Å². The van der Waals surface area contributed by atoms with Crippen LogP contribution < -0.4 is 5.32 Å². The van der Waals surface area contributed by atoms with Crippen LogP contribution in [-0.2, 0) is 11.2 Å². The molecule has 1 aliphatic rings. The summed E-state index contributed by atoms with van der Waals surface area (Å²) in [7, 11) is 0. The summed E-state index contributed by atoms with van der Waals surface area (Å²) in [6.45, 7) is 14.2. The standard InChI is InChI=1S/C22H32N4O2/c1-6-23-22(24-10-9-20-17(4)25-28-18(20)5)26-11-12-27-21(14-26)19-8-7-15(2)13-16(19)3/h7-8,13,21H,6,9-12,14H2,1-5H3,(H,23,24). The van der Waals surface area contributed by atoms with Crippen molar-refractivity contribution in [3.05, 3.63) is 51.9 Å². The second-order valence-corrected chi connectivity index (χ2v) is 7.45. The average molecular weight is 385 g/mol. The van der Waals surface area contributed by atoms with Crippen molar-refractivity contribution in [3.8, 4) is 0 Å². The Morgan fingerprint density at radius 3 is 2.79 bits per heavy atom. The lowest BCUT2D eigenvalue weighted by atomic mass is 10.00. The van der Waals surface area contributed by atoms with Crippen LogP contribution >= 0.6 is 0 Å². The third-order valence-electron chi connectivity index (χ3n) is 5.28. The molecule has 1 aromatic heterocycles. The highest BCUT2D eigenvalue weighted by Gasteiger charge is 2.25. The van der Waals surface area contributed by atoms with Crippen molar-refractivity contribution in [1.82, 2.24) is 15.4 Å². The number of aliphatic imine (C=N–C) groups is 1. The van der Waals surface area contributed by atoms with E-state index in [1.54, 1.807) is 0 Å². The Balaban J connectivity index is 1.70. The number of guanidine groups is 1. The smallest absolute Gasteiger partial charge is 0.194 e. The maximum Gasteiger partial charge on any atom is 0.194 e. The van der Waals surface area contributed by atoms with Crippen LogP contribution in [0.15, 0.2) is 27.7 Å². The predicted molar refractivity (Wildman–Crippen MR) is 112 cm³/mol.